The van der Waals surface area contributed by atoms with Gasteiger partial charge in [0.2, 0.25) is 0 Å². The Morgan fingerprint density at radius 3 is 1.62 bits per heavy atom. The van der Waals surface area contributed by atoms with E-state index in [4.69, 9.17) is 0 Å². The molecule has 0 spiro atoms. The average molecular weight is 717 g/mol. The Morgan fingerprint density at radius 2 is 0.855 bits per heavy atom. The van der Waals surface area contributed by atoms with Crippen LogP contribution in [0.5, 0.6) is 0 Å². The van der Waals surface area contributed by atoms with Crippen LogP contribution in [0.4, 0.5) is 17.1 Å². The summed E-state index contributed by atoms with van der Waals surface area (Å²) in [6.45, 7) is 0. The zero-order valence-corrected chi connectivity index (χ0v) is 30.6. The number of nitrogens with zero attached hydrogens (tertiary/aromatic N) is 2. The maximum Gasteiger partial charge on any atom is 0.0608 e. The monoisotopic (exact) mass is 716 g/mol. The largest absolute Gasteiger partial charge is 0.309 e. The summed E-state index contributed by atoms with van der Waals surface area (Å²) in [5.41, 5.74) is 9.66. The lowest BCUT2D eigenvalue weighted by molar-refractivity contribution is 1.19. The van der Waals surface area contributed by atoms with E-state index < -0.39 is 0 Å². The Morgan fingerprint density at radius 1 is 0.309 bits per heavy atom. The lowest BCUT2D eigenvalue weighted by Gasteiger charge is -2.34. The Kier molecular flexibility index (Phi) is 6.60. The number of hydrogen-bond acceptors (Lipinski definition) is 2. The van der Waals surface area contributed by atoms with E-state index >= 15 is 0 Å². The molecule has 0 saturated carbocycles. The average Bonchev–Trinajstić information content (AvgIpc) is 3.56. The summed E-state index contributed by atoms with van der Waals surface area (Å²) >= 11 is 1.89. The van der Waals surface area contributed by atoms with Crippen LogP contribution in [0.1, 0.15) is 0 Å². The standard InChI is InChI=1S/C52H32N2S/c1-2-15-37-31-50-44(29-36(37)14-1)43-30-38(24-26-47(43)53(50)45-21-9-16-33-11-3-6-18-40(33)45)39-25-27-48-51(32-39)55-52-42-20-8-5-13-35(42)23-28-49(52)54(48)46-22-10-17-34-12-4-7-19-41(34)46/h1-32H. The van der Waals surface area contributed by atoms with Gasteiger partial charge in [-0.25, -0.2) is 0 Å². The van der Waals surface area contributed by atoms with Gasteiger partial charge in [-0.2, -0.15) is 0 Å². The van der Waals surface area contributed by atoms with E-state index in [1.807, 2.05) is 11.8 Å². The first-order chi connectivity index (χ1) is 27.3. The zero-order valence-electron chi connectivity index (χ0n) is 29.8. The second-order valence-electron chi connectivity index (χ2n) is 14.5. The van der Waals surface area contributed by atoms with Gasteiger partial charge in [0.15, 0.2) is 0 Å². The third-order valence-electron chi connectivity index (χ3n) is 11.5. The van der Waals surface area contributed by atoms with Gasteiger partial charge in [0.1, 0.15) is 0 Å². The number of rotatable bonds is 3. The highest BCUT2D eigenvalue weighted by molar-refractivity contribution is 8.00. The number of aromatic nitrogens is 1. The van der Waals surface area contributed by atoms with Crippen molar-refractivity contribution < 1.29 is 0 Å². The van der Waals surface area contributed by atoms with Crippen LogP contribution >= 0.6 is 11.8 Å². The molecule has 0 aliphatic carbocycles. The van der Waals surface area contributed by atoms with Crippen LogP contribution in [0, 0.1) is 0 Å². The molecular weight excluding hydrogens is 685 g/mol. The number of hydrogen-bond donors (Lipinski definition) is 0. The van der Waals surface area contributed by atoms with Crippen LogP contribution < -0.4 is 4.90 Å². The molecule has 2 nitrogen and oxygen atoms in total. The minimum atomic E-state index is 1.19. The fourth-order valence-electron chi connectivity index (χ4n) is 8.93. The summed E-state index contributed by atoms with van der Waals surface area (Å²) < 4.78 is 2.47. The first kappa shape index (κ1) is 30.6. The molecule has 0 fully saturated rings. The van der Waals surface area contributed by atoms with Gasteiger partial charge in [0.05, 0.1) is 33.8 Å². The predicted octanol–water partition coefficient (Wildman–Crippen LogP) is 15.0. The minimum Gasteiger partial charge on any atom is -0.309 e. The molecule has 3 heteroatoms. The van der Waals surface area contributed by atoms with Crippen molar-refractivity contribution >= 4 is 93.7 Å². The fourth-order valence-corrected chi connectivity index (χ4v) is 10.2. The van der Waals surface area contributed by atoms with Crippen LogP contribution in [-0.4, -0.2) is 4.57 Å². The van der Waals surface area contributed by atoms with E-state index in [1.54, 1.807) is 0 Å². The molecular formula is C52H32N2S. The fraction of sp³-hybridized carbons (Fsp3) is 0. The maximum atomic E-state index is 2.48. The molecule has 1 aliphatic rings. The van der Waals surface area contributed by atoms with Gasteiger partial charge < -0.3 is 9.47 Å². The maximum absolute atomic E-state index is 2.48. The van der Waals surface area contributed by atoms with Gasteiger partial charge in [-0.15, -0.1) is 0 Å². The van der Waals surface area contributed by atoms with Crippen molar-refractivity contribution in [1.29, 1.82) is 0 Å². The molecule has 10 aromatic carbocycles. The summed E-state index contributed by atoms with van der Waals surface area (Å²) in [5, 5.41) is 12.5. The molecule has 55 heavy (non-hydrogen) atoms. The molecule has 1 aromatic heterocycles. The van der Waals surface area contributed by atoms with Gasteiger partial charge >= 0.3 is 0 Å². The SMILES string of the molecule is c1ccc2cc3c(cc2c1)c1cc(-c2ccc4c(c2)Sc2c(ccc5ccccc25)N4c2cccc4ccccc24)ccc1n3-c1cccc2ccccc12. The Labute approximate surface area is 322 Å². The van der Waals surface area contributed by atoms with Gasteiger partial charge in [-0.3, -0.25) is 0 Å². The normalized spacial score (nSPS) is 12.6. The third kappa shape index (κ3) is 4.64. The Hall–Kier alpha value is -6.81. The van der Waals surface area contributed by atoms with Gasteiger partial charge in [0.25, 0.3) is 0 Å². The molecule has 0 amide bonds. The number of anilines is 3. The van der Waals surface area contributed by atoms with Crippen LogP contribution in [-0.2, 0) is 0 Å². The van der Waals surface area contributed by atoms with Crippen LogP contribution in [0.15, 0.2) is 204 Å². The molecule has 1 aliphatic heterocycles. The van der Waals surface area contributed by atoms with Crippen molar-refractivity contribution in [2.24, 2.45) is 0 Å². The van der Waals surface area contributed by atoms with E-state index in [9.17, 15) is 0 Å². The van der Waals surface area contributed by atoms with Crippen molar-refractivity contribution in [3.8, 4) is 16.8 Å². The summed E-state index contributed by atoms with van der Waals surface area (Å²) in [7, 11) is 0. The smallest absolute Gasteiger partial charge is 0.0608 e. The lowest BCUT2D eigenvalue weighted by atomic mass is 10.0. The van der Waals surface area contributed by atoms with Crippen molar-refractivity contribution in [2.45, 2.75) is 9.79 Å². The van der Waals surface area contributed by atoms with E-state index in [0.717, 1.165) is 0 Å². The highest BCUT2D eigenvalue weighted by atomic mass is 32.2. The van der Waals surface area contributed by atoms with Crippen molar-refractivity contribution in [1.82, 2.24) is 4.57 Å². The third-order valence-corrected chi connectivity index (χ3v) is 12.7. The van der Waals surface area contributed by atoms with Crippen LogP contribution in [0.25, 0.3) is 81.7 Å². The highest BCUT2D eigenvalue weighted by Gasteiger charge is 2.28. The Balaban J connectivity index is 1.08. The van der Waals surface area contributed by atoms with E-state index in [1.165, 1.54) is 109 Å². The second kappa shape index (κ2) is 11.8. The molecule has 0 N–H and O–H groups in total. The van der Waals surface area contributed by atoms with Gasteiger partial charge in [-0.1, -0.05) is 151 Å². The summed E-state index contributed by atoms with van der Waals surface area (Å²) in [6.07, 6.45) is 0. The van der Waals surface area contributed by atoms with Crippen molar-refractivity contribution in [3.63, 3.8) is 0 Å². The molecule has 0 saturated heterocycles. The molecule has 256 valence electrons. The molecule has 2 heterocycles. The molecule has 0 radical (unpaired) electrons. The van der Waals surface area contributed by atoms with Crippen LogP contribution in [0.2, 0.25) is 0 Å². The number of fused-ring (bicyclic) bond motifs is 10. The molecule has 11 aromatic rings. The summed E-state index contributed by atoms with van der Waals surface area (Å²) in [6, 6.07) is 71.6. The van der Waals surface area contributed by atoms with Crippen LogP contribution in [0.3, 0.4) is 0 Å². The van der Waals surface area contributed by atoms with Gasteiger partial charge in [-0.05, 0) is 98.0 Å². The first-order valence-corrected chi connectivity index (χ1v) is 19.7. The van der Waals surface area contributed by atoms with Crippen molar-refractivity contribution in [2.75, 3.05) is 4.90 Å². The number of benzene rings is 10. The topological polar surface area (TPSA) is 8.17 Å². The molecule has 0 bridgehead atoms. The lowest BCUT2D eigenvalue weighted by Crippen LogP contribution is -2.15. The molecule has 0 unspecified atom stereocenters. The molecule has 0 atom stereocenters. The minimum absolute atomic E-state index is 1.19. The quantitative estimate of drug-likeness (QED) is 0.180. The highest BCUT2D eigenvalue weighted by Crippen LogP contribution is 2.55. The first-order valence-electron chi connectivity index (χ1n) is 18.8. The molecule has 12 rings (SSSR count). The second-order valence-corrected chi connectivity index (χ2v) is 15.6. The summed E-state index contributed by atoms with van der Waals surface area (Å²) in [4.78, 5) is 5.01. The van der Waals surface area contributed by atoms with E-state index in [-0.39, 0.29) is 0 Å². The van der Waals surface area contributed by atoms with Crippen molar-refractivity contribution in [3.05, 3.63) is 194 Å². The van der Waals surface area contributed by atoms with Gasteiger partial charge in [0, 0.05) is 31.3 Å². The Bertz CT molecular complexity index is 3360. The van der Waals surface area contributed by atoms with E-state index in [0.29, 0.717) is 0 Å². The van der Waals surface area contributed by atoms with E-state index in [2.05, 4.69) is 204 Å². The predicted molar refractivity (Wildman–Crippen MR) is 235 cm³/mol. The zero-order chi connectivity index (χ0) is 36.0. The summed E-state index contributed by atoms with van der Waals surface area (Å²) in [5.74, 6) is 0.